The molecule has 6 nitrogen and oxygen atoms in total. The maximum Gasteiger partial charge on any atom is 0.339 e. The van der Waals surface area contributed by atoms with Gasteiger partial charge in [0.25, 0.3) is 0 Å². The summed E-state index contributed by atoms with van der Waals surface area (Å²) in [6.07, 6.45) is -2.26. The van der Waals surface area contributed by atoms with Crippen molar-refractivity contribution >= 4 is 11.7 Å². The van der Waals surface area contributed by atoms with Crippen LogP contribution in [0.1, 0.15) is 22.0 Å². The number of hydrogen-bond acceptors (Lipinski definition) is 6. The summed E-state index contributed by atoms with van der Waals surface area (Å²) in [5, 5.41) is 19.1. The van der Waals surface area contributed by atoms with E-state index in [9.17, 15) is 15.0 Å². The van der Waals surface area contributed by atoms with E-state index in [0.29, 0.717) is 5.56 Å². The monoisotopic (exact) mass is 240 g/mol. The van der Waals surface area contributed by atoms with Gasteiger partial charge in [0.15, 0.2) is 0 Å². The van der Waals surface area contributed by atoms with Crippen molar-refractivity contribution in [2.24, 2.45) is 5.73 Å². The molecule has 94 valence electrons. The summed E-state index contributed by atoms with van der Waals surface area (Å²) in [5.41, 5.74) is 11.6. The predicted octanol–water partition coefficient (Wildman–Crippen LogP) is -0.592. The summed E-state index contributed by atoms with van der Waals surface area (Å²) < 4.78 is 4.55. The Morgan fingerprint density at radius 1 is 1.47 bits per heavy atom. The summed E-state index contributed by atoms with van der Waals surface area (Å²) in [5.74, 6) is -0.598. The van der Waals surface area contributed by atoms with Crippen LogP contribution in [-0.4, -0.2) is 35.9 Å². The minimum atomic E-state index is -1.16. The predicted molar refractivity (Wildman–Crippen MR) is 62.2 cm³/mol. The molecule has 0 fully saturated rings. The average Bonchev–Trinajstić information content (AvgIpc) is 2.36. The molecule has 6 heteroatoms. The van der Waals surface area contributed by atoms with E-state index in [1.54, 1.807) is 0 Å². The van der Waals surface area contributed by atoms with Gasteiger partial charge < -0.3 is 26.4 Å². The molecular formula is C11H16N2O4. The molecule has 0 heterocycles. The van der Waals surface area contributed by atoms with Crippen LogP contribution in [0.3, 0.4) is 0 Å². The quantitative estimate of drug-likeness (QED) is 0.412. The molecule has 1 aromatic rings. The van der Waals surface area contributed by atoms with Crippen LogP contribution in [0.15, 0.2) is 18.2 Å². The number of methoxy groups -OCH3 is 1. The molecule has 0 aliphatic rings. The van der Waals surface area contributed by atoms with Crippen LogP contribution in [0.2, 0.25) is 0 Å². The minimum Gasteiger partial charge on any atom is -0.465 e. The van der Waals surface area contributed by atoms with Crippen molar-refractivity contribution in [3.63, 3.8) is 0 Å². The lowest BCUT2D eigenvalue weighted by molar-refractivity contribution is 0.0242. The normalized spacial score (nSPS) is 14.1. The highest BCUT2D eigenvalue weighted by Crippen LogP contribution is 2.22. The molecule has 0 spiro atoms. The van der Waals surface area contributed by atoms with Gasteiger partial charge in [-0.05, 0) is 17.7 Å². The van der Waals surface area contributed by atoms with E-state index in [-0.39, 0.29) is 17.8 Å². The van der Waals surface area contributed by atoms with Crippen LogP contribution in [-0.2, 0) is 4.74 Å². The van der Waals surface area contributed by atoms with Crippen molar-refractivity contribution in [2.45, 2.75) is 12.2 Å². The Morgan fingerprint density at radius 2 is 2.12 bits per heavy atom. The molecule has 6 N–H and O–H groups in total. The average molecular weight is 240 g/mol. The summed E-state index contributed by atoms with van der Waals surface area (Å²) >= 11 is 0. The third-order valence-corrected chi connectivity index (χ3v) is 2.43. The first kappa shape index (κ1) is 13.4. The van der Waals surface area contributed by atoms with Gasteiger partial charge in [0.05, 0.1) is 18.8 Å². The van der Waals surface area contributed by atoms with Crippen molar-refractivity contribution in [1.29, 1.82) is 0 Å². The Kier molecular flexibility index (Phi) is 4.45. The summed E-state index contributed by atoms with van der Waals surface area (Å²) in [7, 11) is 1.24. The standard InChI is InChI=1S/C11H16N2O4/c1-17-11(16)7-4-6(2-3-8(7)13)10(15)9(14)5-12/h2-4,9-10,14-15H,5,12-13H2,1H3. The number of rotatable bonds is 4. The van der Waals surface area contributed by atoms with E-state index >= 15 is 0 Å². The minimum absolute atomic E-state index is 0.0842. The fourth-order valence-corrected chi connectivity index (χ4v) is 1.40. The highest BCUT2D eigenvalue weighted by Gasteiger charge is 2.19. The number of esters is 1. The molecule has 1 aromatic carbocycles. The lowest BCUT2D eigenvalue weighted by atomic mass is 10.0. The van der Waals surface area contributed by atoms with E-state index < -0.39 is 18.2 Å². The highest BCUT2D eigenvalue weighted by atomic mass is 16.5. The van der Waals surface area contributed by atoms with Gasteiger partial charge in [-0.25, -0.2) is 4.79 Å². The van der Waals surface area contributed by atoms with Gasteiger partial charge in [0, 0.05) is 12.2 Å². The number of benzene rings is 1. The Balaban J connectivity index is 3.08. The van der Waals surface area contributed by atoms with E-state index in [2.05, 4.69) is 4.74 Å². The molecular weight excluding hydrogens is 224 g/mol. The topological polar surface area (TPSA) is 119 Å². The molecule has 0 radical (unpaired) electrons. The molecule has 0 saturated heterocycles. The van der Waals surface area contributed by atoms with Crippen molar-refractivity contribution in [1.82, 2.24) is 0 Å². The molecule has 0 aliphatic carbocycles. The van der Waals surface area contributed by atoms with Gasteiger partial charge in [-0.3, -0.25) is 0 Å². The van der Waals surface area contributed by atoms with E-state index in [4.69, 9.17) is 11.5 Å². The SMILES string of the molecule is COC(=O)c1cc(C(O)C(O)CN)ccc1N. The molecule has 2 atom stereocenters. The first-order valence-electron chi connectivity index (χ1n) is 5.05. The number of carbonyl (C=O) groups is 1. The van der Waals surface area contributed by atoms with Crippen molar-refractivity contribution in [3.05, 3.63) is 29.3 Å². The lowest BCUT2D eigenvalue weighted by Crippen LogP contribution is -2.27. The number of aliphatic hydroxyl groups is 2. The van der Waals surface area contributed by atoms with Gasteiger partial charge >= 0.3 is 5.97 Å². The number of aliphatic hydroxyl groups excluding tert-OH is 2. The first-order valence-corrected chi connectivity index (χ1v) is 5.05. The zero-order valence-electron chi connectivity index (χ0n) is 9.46. The Labute approximate surface area is 98.8 Å². The lowest BCUT2D eigenvalue weighted by Gasteiger charge is -2.17. The van der Waals surface area contributed by atoms with Gasteiger partial charge in [0.1, 0.15) is 6.10 Å². The third kappa shape index (κ3) is 2.94. The second-order valence-electron chi connectivity index (χ2n) is 3.59. The maximum atomic E-state index is 11.4. The second kappa shape index (κ2) is 5.62. The molecule has 2 unspecified atom stereocenters. The summed E-state index contributed by atoms with van der Waals surface area (Å²) in [6.45, 7) is -0.0842. The summed E-state index contributed by atoms with van der Waals surface area (Å²) in [6, 6.07) is 4.37. The van der Waals surface area contributed by atoms with Gasteiger partial charge in [-0.2, -0.15) is 0 Å². The number of nitrogens with two attached hydrogens (primary N) is 2. The highest BCUT2D eigenvalue weighted by molar-refractivity contribution is 5.95. The van der Waals surface area contributed by atoms with E-state index in [1.165, 1.54) is 25.3 Å². The van der Waals surface area contributed by atoms with Crippen LogP contribution in [0.4, 0.5) is 5.69 Å². The molecule has 0 aromatic heterocycles. The van der Waals surface area contributed by atoms with E-state index in [0.717, 1.165) is 0 Å². The van der Waals surface area contributed by atoms with Crippen LogP contribution >= 0.6 is 0 Å². The van der Waals surface area contributed by atoms with Gasteiger partial charge in [-0.1, -0.05) is 6.07 Å². The number of anilines is 1. The fourth-order valence-electron chi connectivity index (χ4n) is 1.40. The Hall–Kier alpha value is -1.63. The fraction of sp³-hybridized carbons (Fsp3) is 0.364. The van der Waals surface area contributed by atoms with Gasteiger partial charge in [-0.15, -0.1) is 0 Å². The molecule has 0 amide bonds. The largest absolute Gasteiger partial charge is 0.465 e. The van der Waals surface area contributed by atoms with Crippen LogP contribution in [0, 0.1) is 0 Å². The molecule has 0 saturated carbocycles. The molecule has 17 heavy (non-hydrogen) atoms. The van der Waals surface area contributed by atoms with Crippen molar-refractivity contribution < 1.29 is 19.7 Å². The first-order chi connectivity index (χ1) is 8.01. The molecule has 0 aliphatic heterocycles. The van der Waals surface area contributed by atoms with E-state index in [1.807, 2.05) is 0 Å². The number of ether oxygens (including phenoxy) is 1. The Morgan fingerprint density at radius 3 is 2.65 bits per heavy atom. The smallest absolute Gasteiger partial charge is 0.339 e. The molecule has 0 bridgehead atoms. The number of hydrogen-bond donors (Lipinski definition) is 4. The van der Waals surface area contributed by atoms with Crippen LogP contribution in [0.5, 0.6) is 0 Å². The van der Waals surface area contributed by atoms with Crippen molar-refractivity contribution in [2.75, 3.05) is 19.4 Å². The molecule has 1 rings (SSSR count). The zero-order chi connectivity index (χ0) is 13.0. The Bertz CT molecular complexity index is 408. The second-order valence-corrected chi connectivity index (χ2v) is 3.59. The van der Waals surface area contributed by atoms with Crippen molar-refractivity contribution in [3.8, 4) is 0 Å². The van der Waals surface area contributed by atoms with Gasteiger partial charge in [0.2, 0.25) is 0 Å². The summed E-state index contributed by atoms with van der Waals surface area (Å²) in [4.78, 5) is 11.4. The van der Waals surface area contributed by atoms with Crippen LogP contribution < -0.4 is 11.5 Å². The third-order valence-electron chi connectivity index (χ3n) is 2.43. The number of carbonyl (C=O) groups excluding carboxylic acids is 1. The maximum absolute atomic E-state index is 11.4. The zero-order valence-corrected chi connectivity index (χ0v) is 9.46. The van der Waals surface area contributed by atoms with Crippen LogP contribution in [0.25, 0.3) is 0 Å². The number of nitrogen functional groups attached to an aromatic ring is 1.